The summed E-state index contributed by atoms with van der Waals surface area (Å²) in [7, 11) is -2.13. The van der Waals surface area contributed by atoms with E-state index >= 15 is 0 Å². The summed E-state index contributed by atoms with van der Waals surface area (Å²) in [6.07, 6.45) is 3.83. The number of hydrogen-bond donors (Lipinski definition) is 2. The van der Waals surface area contributed by atoms with Crippen LogP contribution in [0.15, 0.2) is 35.4 Å². The molecule has 2 bridgehead atoms. The van der Waals surface area contributed by atoms with Crippen molar-refractivity contribution in [3.8, 4) is 0 Å². The van der Waals surface area contributed by atoms with Gasteiger partial charge in [0.1, 0.15) is 5.69 Å². The molecule has 1 aromatic heterocycles. The number of carbonyl (C=O) groups excluding carboxylic acids is 1. The normalized spacial score (nSPS) is 28.5. The molecule has 2 unspecified atom stereocenters. The molecule has 2 aromatic rings. The highest BCUT2D eigenvalue weighted by atomic mass is 32.2. The first-order chi connectivity index (χ1) is 14.0. The first kappa shape index (κ1) is 21.0. The van der Waals surface area contributed by atoms with Crippen molar-refractivity contribution in [2.75, 3.05) is 5.32 Å². The van der Waals surface area contributed by atoms with Crippen LogP contribution in [0.1, 0.15) is 43.1 Å². The number of aliphatic hydroxyl groups is 1. The molecule has 0 spiro atoms. The number of fused-ring (bicyclic) bond motifs is 2. The van der Waals surface area contributed by atoms with Crippen molar-refractivity contribution in [2.24, 2.45) is 18.9 Å². The highest BCUT2D eigenvalue weighted by molar-refractivity contribution is 7.92. The van der Waals surface area contributed by atoms with Crippen molar-refractivity contribution in [1.82, 2.24) is 4.57 Å². The average molecular weight is 438 g/mol. The third kappa shape index (κ3) is 3.43. The summed E-state index contributed by atoms with van der Waals surface area (Å²) in [6, 6.07) is 4.29. The molecular weight excluding hydrogens is 414 g/mol. The molecule has 0 aliphatic heterocycles. The van der Waals surface area contributed by atoms with Crippen LogP contribution in [0.3, 0.4) is 0 Å². The third-order valence-electron chi connectivity index (χ3n) is 6.77. The largest absolute Gasteiger partial charge is 0.390 e. The van der Waals surface area contributed by atoms with Gasteiger partial charge in [0, 0.05) is 25.0 Å². The second-order valence-electron chi connectivity index (χ2n) is 8.59. The second-order valence-corrected chi connectivity index (χ2v) is 10.8. The van der Waals surface area contributed by atoms with Gasteiger partial charge in [-0.3, -0.25) is 4.79 Å². The Balaban J connectivity index is 1.56. The number of nitrogens with zero attached hydrogens (tertiary/aromatic N) is 1. The topological polar surface area (TPSA) is 88.4 Å². The minimum absolute atomic E-state index is 0.0455. The second kappa shape index (κ2) is 7.16. The van der Waals surface area contributed by atoms with Crippen LogP contribution in [0.5, 0.6) is 0 Å². The van der Waals surface area contributed by atoms with Gasteiger partial charge in [0.2, 0.25) is 0 Å². The molecule has 30 heavy (non-hydrogen) atoms. The molecule has 6 nitrogen and oxygen atoms in total. The van der Waals surface area contributed by atoms with Gasteiger partial charge in [-0.05, 0) is 62.6 Å². The Morgan fingerprint density at radius 2 is 1.80 bits per heavy atom. The Morgan fingerprint density at radius 1 is 1.17 bits per heavy atom. The van der Waals surface area contributed by atoms with Gasteiger partial charge < -0.3 is 15.0 Å². The lowest BCUT2D eigenvalue weighted by Crippen LogP contribution is -2.45. The van der Waals surface area contributed by atoms with E-state index in [4.69, 9.17) is 0 Å². The third-order valence-corrected chi connectivity index (χ3v) is 8.91. The summed E-state index contributed by atoms with van der Waals surface area (Å²) in [4.78, 5) is 12.6. The van der Waals surface area contributed by atoms with Crippen LogP contribution in [-0.2, 0) is 16.9 Å². The van der Waals surface area contributed by atoms with E-state index in [1.54, 1.807) is 14.0 Å². The van der Waals surface area contributed by atoms with Gasteiger partial charge in [0.05, 0.1) is 15.7 Å². The van der Waals surface area contributed by atoms with E-state index in [1.807, 2.05) is 0 Å². The lowest BCUT2D eigenvalue weighted by molar-refractivity contribution is -0.0413. The summed E-state index contributed by atoms with van der Waals surface area (Å²) in [5.74, 6) is -2.84. The summed E-state index contributed by atoms with van der Waals surface area (Å²) in [5.41, 5.74) is -0.669. The van der Waals surface area contributed by atoms with Gasteiger partial charge in [0.15, 0.2) is 21.5 Å². The number of anilines is 1. The molecule has 9 heteroatoms. The van der Waals surface area contributed by atoms with E-state index in [1.165, 1.54) is 22.9 Å². The zero-order valence-corrected chi connectivity index (χ0v) is 17.5. The molecule has 2 saturated carbocycles. The monoisotopic (exact) mass is 438 g/mol. The van der Waals surface area contributed by atoms with Crippen molar-refractivity contribution in [3.63, 3.8) is 0 Å². The lowest BCUT2D eigenvalue weighted by Gasteiger charge is -2.39. The predicted molar refractivity (Wildman–Crippen MR) is 107 cm³/mol. The van der Waals surface area contributed by atoms with Gasteiger partial charge in [0.25, 0.3) is 5.91 Å². The zero-order valence-electron chi connectivity index (χ0n) is 16.7. The van der Waals surface area contributed by atoms with Crippen molar-refractivity contribution >= 4 is 21.4 Å². The van der Waals surface area contributed by atoms with Crippen LogP contribution < -0.4 is 5.32 Å². The maximum absolute atomic E-state index is 13.4. The van der Waals surface area contributed by atoms with Gasteiger partial charge in [-0.2, -0.15) is 0 Å². The first-order valence-electron chi connectivity index (χ1n) is 9.89. The standard InChI is InChI=1S/C21H24F2N2O4S/c1-21(27)12-3-4-13(21)8-15(7-12)30(28,29)16-10-19(25(2)11-16)20(26)24-14-5-6-17(22)18(23)9-14/h5-6,9-13,15,27H,3-4,7-8H2,1-2H3,(H,24,26)/t12?,13?,15-,21-. The fourth-order valence-corrected chi connectivity index (χ4v) is 6.83. The molecule has 0 saturated heterocycles. The maximum Gasteiger partial charge on any atom is 0.272 e. The minimum atomic E-state index is -3.68. The number of rotatable bonds is 4. The maximum atomic E-state index is 13.4. The Labute approximate surface area is 173 Å². The number of aryl methyl sites for hydroxylation is 1. The average Bonchev–Trinajstić information content (AvgIpc) is 3.07. The number of halogens is 2. The smallest absolute Gasteiger partial charge is 0.272 e. The Kier molecular flexibility index (Phi) is 5.01. The zero-order chi connectivity index (χ0) is 21.8. The van der Waals surface area contributed by atoms with Crippen LogP contribution in [0, 0.1) is 23.5 Å². The predicted octanol–water partition coefficient (Wildman–Crippen LogP) is 3.27. The molecule has 1 amide bonds. The number of carbonyl (C=O) groups is 1. The van der Waals surface area contributed by atoms with E-state index in [9.17, 15) is 27.1 Å². The molecule has 1 heterocycles. The fourth-order valence-electron chi connectivity index (χ4n) is 4.89. The number of amides is 1. The number of sulfone groups is 1. The first-order valence-corrected chi connectivity index (χ1v) is 11.4. The molecule has 4 rings (SSSR count). The number of hydrogen-bond acceptors (Lipinski definition) is 4. The van der Waals surface area contributed by atoms with Crippen molar-refractivity contribution < 1.29 is 27.1 Å². The van der Waals surface area contributed by atoms with Gasteiger partial charge in [-0.25, -0.2) is 17.2 Å². The van der Waals surface area contributed by atoms with Crippen LogP contribution in [-0.4, -0.2) is 34.8 Å². The number of benzene rings is 1. The molecule has 2 aliphatic carbocycles. The van der Waals surface area contributed by atoms with Crippen molar-refractivity contribution in [1.29, 1.82) is 0 Å². The quantitative estimate of drug-likeness (QED) is 0.767. The van der Waals surface area contributed by atoms with Gasteiger partial charge in [-0.15, -0.1) is 0 Å². The summed E-state index contributed by atoms with van der Waals surface area (Å²) < 4.78 is 54.3. The number of aromatic nitrogens is 1. The minimum Gasteiger partial charge on any atom is -0.390 e. The molecule has 162 valence electrons. The molecule has 1 aromatic carbocycles. The van der Waals surface area contributed by atoms with E-state index < -0.39 is 38.2 Å². The van der Waals surface area contributed by atoms with E-state index in [2.05, 4.69) is 5.32 Å². The van der Waals surface area contributed by atoms with Crippen LogP contribution in [0.4, 0.5) is 14.5 Å². The fraction of sp³-hybridized carbons (Fsp3) is 0.476. The van der Waals surface area contributed by atoms with Crippen LogP contribution in [0.2, 0.25) is 0 Å². The Hall–Kier alpha value is -2.26. The highest BCUT2D eigenvalue weighted by Crippen LogP contribution is 2.51. The van der Waals surface area contributed by atoms with Gasteiger partial charge in [-0.1, -0.05) is 0 Å². The van der Waals surface area contributed by atoms with Crippen molar-refractivity contribution in [3.05, 3.63) is 47.8 Å². The van der Waals surface area contributed by atoms with Crippen LogP contribution in [0.25, 0.3) is 0 Å². The Bertz CT molecular complexity index is 1090. The molecule has 2 aliphatic rings. The van der Waals surface area contributed by atoms with Gasteiger partial charge >= 0.3 is 0 Å². The summed E-state index contributed by atoms with van der Waals surface area (Å²) in [5, 5.41) is 12.5. The molecule has 2 N–H and O–H groups in total. The van der Waals surface area contributed by atoms with E-state index in [0.717, 1.165) is 25.0 Å². The number of nitrogens with one attached hydrogen (secondary N) is 1. The van der Waals surface area contributed by atoms with Crippen LogP contribution >= 0.6 is 0 Å². The van der Waals surface area contributed by atoms with E-state index in [-0.39, 0.29) is 28.1 Å². The van der Waals surface area contributed by atoms with Crippen molar-refractivity contribution in [2.45, 2.75) is 48.4 Å². The lowest BCUT2D eigenvalue weighted by atomic mass is 9.76. The van der Waals surface area contributed by atoms with E-state index in [0.29, 0.717) is 12.8 Å². The molecule has 0 radical (unpaired) electrons. The molecule has 2 atom stereocenters. The SMILES string of the molecule is Cn1cc(S(=O)(=O)[C@H]2CC3CCC(C2)[C@@]3(C)O)cc1C(=O)Nc1ccc(F)c(F)c1. The highest BCUT2D eigenvalue weighted by Gasteiger charge is 2.53. The molecular formula is C21H24F2N2O4S. The summed E-state index contributed by atoms with van der Waals surface area (Å²) >= 11 is 0. The summed E-state index contributed by atoms with van der Waals surface area (Å²) in [6.45, 7) is 1.79. The molecule has 2 fully saturated rings. The Morgan fingerprint density at radius 3 is 2.40 bits per heavy atom.